The van der Waals surface area contributed by atoms with E-state index in [2.05, 4.69) is 0 Å². The molecule has 0 aromatic rings. The van der Waals surface area contributed by atoms with Gasteiger partial charge in [-0.05, 0) is 0 Å². The van der Waals surface area contributed by atoms with Crippen LogP contribution in [-0.4, -0.2) is 134 Å². The number of carboxylic acid groups (broad SMARTS) is 5. The van der Waals surface area contributed by atoms with Crippen LogP contribution >= 0.6 is 0 Å². The first kappa shape index (κ1) is 39.1. The van der Waals surface area contributed by atoms with Gasteiger partial charge in [0.25, 0.3) is 0 Å². The van der Waals surface area contributed by atoms with E-state index in [1.165, 1.54) is 4.90 Å². The first-order valence-corrected chi connectivity index (χ1v) is 7.75. The molecule has 0 aliphatic carbocycles. The molecule has 17 heteroatoms. The Morgan fingerprint density at radius 1 is 0.452 bits per heavy atom. The maximum Gasteiger partial charge on any atom is 0.317 e. The number of hydrogen-bond acceptors (Lipinski definition) is 10. The van der Waals surface area contributed by atoms with E-state index < -0.39 is 62.6 Å². The van der Waals surface area contributed by atoms with E-state index in [1.807, 2.05) is 0 Å². The van der Waals surface area contributed by atoms with Crippen LogP contribution in [0.15, 0.2) is 0 Å². The minimum Gasteiger partial charge on any atom is -0.480 e. The molecule has 0 heterocycles. The quantitative estimate of drug-likeness (QED) is 0.102. The van der Waals surface area contributed by atoms with E-state index in [9.17, 15) is 24.0 Å². The van der Waals surface area contributed by atoms with Crippen LogP contribution in [0.4, 0.5) is 0 Å². The molecule has 16 nitrogen and oxygen atoms in total. The molecule has 31 heavy (non-hydrogen) atoms. The Labute approximate surface area is 188 Å². The summed E-state index contributed by atoms with van der Waals surface area (Å²) < 4.78 is 0. The van der Waals surface area contributed by atoms with Gasteiger partial charge in [-0.15, -0.1) is 0 Å². The molecular weight excluding hydrogens is 470 g/mol. The Balaban J connectivity index is -0.000000563. The molecule has 0 unspecified atom stereocenters. The van der Waals surface area contributed by atoms with Crippen molar-refractivity contribution in [3.05, 3.63) is 0 Å². The molecule has 13 N–H and O–H groups in total. The van der Waals surface area contributed by atoms with Gasteiger partial charge in [0.05, 0.1) is 32.7 Å². The van der Waals surface area contributed by atoms with Crippen LogP contribution in [0, 0.1) is 0 Å². The molecule has 0 aliphatic rings. The molecule has 0 spiro atoms. The Kier molecular flexibility index (Phi) is 26.4. The number of hydrogen-bond donors (Lipinski definition) is 7. The van der Waals surface area contributed by atoms with Crippen molar-refractivity contribution in [2.45, 2.75) is 0 Å². The normalized spacial score (nSPS) is 9.65. The summed E-state index contributed by atoms with van der Waals surface area (Å²) >= 11 is 0. The van der Waals surface area contributed by atoms with Crippen LogP contribution < -0.4 is 12.3 Å². The van der Waals surface area contributed by atoms with Gasteiger partial charge in [0.15, 0.2) is 0 Å². The van der Waals surface area contributed by atoms with Gasteiger partial charge in [-0.3, -0.25) is 38.7 Å². The topological polar surface area (TPSA) is 298 Å². The van der Waals surface area contributed by atoms with Crippen LogP contribution in [0.3, 0.4) is 0 Å². The fraction of sp³-hybridized carbons (Fsp3) is 0.643. The SMILES string of the molecule is N.N.O.O=C(O)CN(CCN(CC(=O)O)CC(=O)O)CCN(CC(=O)O)CC(=O)O.[Fe]. The molecular formula is C14H31FeN5O11. The van der Waals surface area contributed by atoms with Gasteiger partial charge in [0, 0.05) is 43.2 Å². The van der Waals surface area contributed by atoms with Gasteiger partial charge in [-0.1, -0.05) is 0 Å². The Bertz CT molecular complexity index is 495. The second-order valence-electron chi connectivity index (χ2n) is 5.67. The molecule has 0 fully saturated rings. The maximum absolute atomic E-state index is 11.0. The van der Waals surface area contributed by atoms with Gasteiger partial charge in [-0.2, -0.15) is 0 Å². The van der Waals surface area contributed by atoms with Crippen LogP contribution in [0.1, 0.15) is 0 Å². The first-order valence-electron chi connectivity index (χ1n) is 7.75. The summed E-state index contributed by atoms with van der Waals surface area (Å²) in [5.74, 6) is -6.16. The zero-order valence-electron chi connectivity index (χ0n) is 16.8. The van der Waals surface area contributed by atoms with Crippen molar-refractivity contribution in [2.24, 2.45) is 0 Å². The second-order valence-corrected chi connectivity index (χ2v) is 5.67. The fourth-order valence-corrected chi connectivity index (χ4v) is 2.22. The van der Waals surface area contributed by atoms with E-state index in [0.29, 0.717) is 0 Å². The summed E-state index contributed by atoms with van der Waals surface area (Å²) in [5, 5.41) is 44.1. The van der Waals surface area contributed by atoms with E-state index in [-0.39, 0.29) is 61.0 Å². The van der Waals surface area contributed by atoms with Crippen molar-refractivity contribution in [1.29, 1.82) is 0 Å². The average Bonchev–Trinajstić information content (AvgIpc) is 2.46. The molecule has 0 saturated carbocycles. The summed E-state index contributed by atoms with van der Waals surface area (Å²) in [4.78, 5) is 57.6. The monoisotopic (exact) mass is 501 g/mol. The average molecular weight is 501 g/mol. The minimum atomic E-state index is -1.24. The van der Waals surface area contributed by atoms with E-state index in [1.54, 1.807) is 0 Å². The third-order valence-electron chi connectivity index (χ3n) is 3.26. The van der Waals surface area contributed by atoms with E-state index in [4.69, 9.17) is 25.5 Å². The zero-order chi connectivity index (χ0) is 21.0. The molecule has 0 radical (unpaired) electrons. The standard InChI is InChI=1S/C14H23N3O10.Fe.2H3N.H2O/c18-10(19)5-15(1-3-16(6-11(20)21)7-12(22)23)2-4-17(8-13(24)25)9-14(26)27;;;;/h1-9H2,(H,18,19)(H,20,21)(H,22,23)(H,24,25)(H,26,27);;2*1H3;1H2. The van der Waals surface area contributed by atoms with Gasteiger partial charge in [-0.25, -0.2) is 0 Å². The van der Waals surface area contributed by atoms with E-state index in [0.717, 1.165) is 9.80 Å². The summed E-state index contributed by atoms with van der Waals surface area (Å²) in [6.07, 6.45) is 0. The van der Waals surface area contributed by atoms with Crippen molar-refractivity contribution in [1.82, 2.24) is 27.0 Å². The van der Waals surface area contributed by atoms with Crippen LogP contribution in [0.2, 0.25) is 0 Å². The van der Waals surface area contributed by atoms with Crippen molar-refractivity contribution >= 4 is 29.8 Å². The smallest absolute Gasteiger partial charge is 0.317 e. The van der Waals surface area contributed by atoms with Crippen molar-refractivity contribution in [3.63, 3.8) is 0 Å². The summed E-state index contributed by atoms with van der Waals surface area (Å²) in [5.41, 5.74) is 0. The largest absolute Gasteiger partial charge is 0.480 e. The first-order chi connectivity index (χ1) is 12.5. The van der Waals surface area contributed by atoms with E-state index >= 15 is 0 Å². The molecule has 0 aromatic carbocycles. The summed E-state index contributed by atoms with van der Waals surface area (Å²) in [6.45, 7) is -2.74. The second kappa shape index (κ2) is 20.9. The molecule has 186 valence electrons. The van der Waals surface area contributed by atoms with Crippen molar-refractivity contribution in [3.8, 4) is 0 Å². The van der Waals surface area contributed by atoms with Crippen molar-refractivity contribution in [2.75, 3.05) is 58.9 Å². The third kappa shape index (κ3) is 23.8. The molecule has 0 atom stereocenters. The predicted molar refractivity (Wildman–Crippen MR) is 101 cm³/mol. The molecule has 0 rings (SSSR count). The summed E-state index contributed by atoms with van der Waals surface area (Å²) in [7, 11) is 0. The molecule has 0 amide bonds. The Hall–Kier alpha value is -2.37. The number of carbonyl (C=O) groups is 5. The number of carboxylic acids is 5. The number of rotatable bonds is 16. The zero-order valence-corrected chi connectivity index (χ0v) is 17.9. The predicted octanol–water partition coefficient (Wildman–Crippen LogP) is -3.19. The van der Waals surface area contributed by atoms with Crippen molar-refractivity contribution < 1.29 is 72.1 Å². The van der Waals surface area contributed by atoms with Gasteiger partial charge in [0.2, 0.25) is 0 Å². The van der Waals surface area contributed by atoms with Crippen LogP contribution in [-0.2, 0) is 41.0 Å². The Morgan fingerprint density at radius 2 is 0.613 bits per heavy atom. The van der Waals surface area contributed by atoms with Gasteiger partial charge >= 0.3 is 29.8 Å². The van der Waals surface area contributed by atoms with Crippen LogP contribution in [0.5, 0.6) is 0 Å². The van der Waals surface area contributed by atoms with Crippen LogP contribution in [0.25, 0.3) is 0 Å². The Morgan fingerprint density at radius 3 is 0.806 bits per heavy atom. The van der Waals surface area contributed by atoms with Gasteiger partial charge in [0.1, 0.15) is 0 Å². The molecule has 0 saturated heterocycles. The molecule has 0 aliphatic heterocycles. The number of nitrogens with zero attached hydrogens (tertiary/aromatic N) is 3. The molecule has 0 aromatic heterocycles. The minimum absolute atomic E-state index is 0. The number of aliphatic carboxylic acids is 5. The maximum atomic E-state index is 11.0. The van der Waals surface area contributed by atoms with Gasteiger partial charge < -0.3 is 43.3 Å². The molecule has 0 bridgehead atoms. The third-order valence-corrected chi connectivity index (χ3v) is 3.26. The summed E-state index contributed by atoms with van der Waals surface area (Å²) in [6, 6.07) is 0. The fourth-order valence-electron chi connectivity index (χ4n) is 2.22.